The van der Waals surface area contributed by atoms with Crippen molar-refractivity contribution in [3.8, 4) is 56.2 Å². The van der Waals surface area contributed by atoms with Crippen LogP contribution in [0.5, 0.6) is 0 Å². The minimum absolute atomic E-state index is 0.494. The average molecular weight is 715 g/mol. The third kappa shape index (κ3) is 4.98. The topological polar surface area (TPSA) is 38.9 Å². The van der Waals surface area contributed by atoms with Gasteiger partial charge in [-0.15, -0.1) is 0 Å². The molecule has 0 aliphatic heterocycles. The molecule has 11 rings (SSSR count). The first-order chi connectivity index (χ1) is 27.8. The summed E-state index contributed by atoms with van der Waals surface area (Å²) in [5.41, 5.74) is 15.7. The van der Waals surface area contributed by atoms with Crippen LogP contribution in [0, 0.1) is 0 Å². The first kappa shape index (κ1) is 32.1. The van der Waals surface area contributed by atoms with Crippen molar-refractivity contribution in [3.63, 3.8) is 0 Å². The van der Waals surface area contributed by atoms with Crippen molar-refractivity contribution in [1.82, 2.24) is 9.97 Å². The van der Waals surface area contributed by atoms with Crippen molar-refractivity contribution in [2.75, 3.05) is 0 Å². The molecule has 8 aromatic carbocycles. The molecule has 0 unspecified atom stereocenters. The predicted molar refractivity (Wildman–Crippen MR) is 228 cm³/mol. The van der Waals surface area contributed by atoms with E-state index in [4.69, 9.17) is 14.4 Å². The Labute approximate surface area is 325 Å². The SMILES string of the molecule is c1ccc(-c2cc(-c3ccccc3)nc(-c3cccc(-c4cccc5oc6cc7c(cc6c45)-c4ccccc4C7(c4ccccc4)c4ccccc4)c3)n2)cc1. The van der Waals surface area contributed by atoms with Gasteiger partial charge in [0.15, 0.2) is 5.82 Å². The quantitative estimate of drug-likeness (QED) is 0.172. The van der Waals surface area contributed by atoms with E-state index in [2.05, 4.69) is 170 Å². The zero-order chi connectivity index (χ0) is 37.1. The lowest BCUT2D eigenvalue weighted by Gasteiger charge is -2.33. The summed E-state index contributed by atoms with van der Waals surface area (Å²) in [7, 11) is 0. The molecule has 2 aromatic heterocycles. The van der Waals surface area contributed by atoms with Crippen LogP contribution in [0.25, 0.3) is 78.1 Å². The fourth-order valence-electron chi connectivity index (χ4n) is 8.92. The Morgan fingerprint density at radius 1 is 0.357 bits per heavy atom. The third-order valence-corrected chi connectivity index (χ3v) is 11.4. The van der Waals surface area contributed by atoms with Gasteiger partial charge in [-0.05, 0) is 74.8 Å². The van der Waals surface area contributed by atoms with E-state index in [0.717, 1.165) is 61.1 Å². The average Bonchev–Trinajstić information content (AvgIpc) is 3.79. The van der Waals surface area contributed by atoms with Crippen LogP contribution in [0.15, 0.2) is 211 Å². The fourth-order valence-corrected chi connectivity index (χ4v) is 8.92. The maximum atomic E-state index is 6.82. The molecule has 3 heteroatoms. The lowest BCUT2D eigenvalue weighted by Crippen LogP contribution is -2.28. The van der Waals surface area contributed by atoms with Crippen LogP contribution < -0.4 is 0 Å². The van der Waals surface area contributed by atoms with E-state index in [1.807, 2.05) is 36.4 Å². The van der Waals surface area contributed by atoms with Gasteiger partial charge in [-0.3, -0.25) is 0 Å². The van der Waals surface area contributed by atoms with E-state index in [0.29, 0.717) is 5.82 Å². The Morgan fingerprint density at radius 3 is 1.55 bits per heavy atom. The van der Waals surface area contributed by atoms with Crippen LogP contribution in [0.4, 0.5) is 0 Å². The van der Waals surface area contributed by atoms with E-state index in [1.165, 1.54) is 33.4 Å². The first-order valence-corrected chi connectivity index (χ1v) is 19.1. The monoisotopic (exact) mass is 714 g/mol. The van der Waals surface area contributed by atoms with Gasteiger partial charge in [-0.1, -0.05) is 176 Å². The lowest BCUT2D eigenvalue weighted by molar-refractivity contribution is 0.666. The predicted octanol–water partition coefficient (Wildman–Crippen LogP) is 13.4. The number of hydrogen-bond donors (Lipinski definition) is 0. The van der Waals surface area contributed by atoms with E-state index >= 15 is 0 Å². The number of benzene rings is 8. The van der Waals surface area contributed by atoms with Gasteiger partial charge in [0.1, 0.15) is 11.2 Å². The van der Waals surface area contributed by atoms with Crippen molar-refractivity contribution < 1.29 is 4.42 Å². The van der Waals surface area contributed by atoms with Crippen molar-refractivity contribution in [2.45, 2.75) is 5.41 Å². The van der Waals surface area contributed by atoms with Gasteiger partial charge < -0.3 is 4.42 Å². The molecule has 0 radical (unpaired) electrons. The highest BCUT2D eigenvalue weighted by molar-refractivity contribution is 6.14. The number of aromatic nitrogens is 2. The normalized spacial score (nSPS) is 12.8. The molecule has 1 aliphatic carbocycles. The van der Waals surface area contributed by atoms with E-state index in [-0.39, 0.29) is 0 Å². The number of fused-ring (bicyclic) bond motifs is 6. The number of rotatable bonds is 6. The molecule has 0 saturated carbocycles. The Kier molecular flexibility index (Phi) is 7.39. The zero-order valence-electron chi connectivity index (χ0n) is 30.4. The highest BCUT2D eigenvalue weighted by Gasteiger charge is 2.46. The molecule has 3 nitrogen and oxygen atoms in total. The molecule has 1 aliphatic rings. The Hall–Kier alpha value is -7.36. The van der Waals surface area contributed by atoms with Crippen molar-refractivity contribution in [3.05, 3.63) is 229 Å². The van der Waals surface area contributed by atoms with Crippen molar-refractivity contribution in [2.24, 2.45) is 0 Å². The summed E-state index contributed by atoms with van der Waals surface area (Å²) in [6.45, 7) is 0. The van der Waals surface area contributed by atoms with Crippen LogP contribution in [0.3, 0.4) is 0 Å². The molecule has 10 aromatic rings. The van der Waals surface area contributed by atoms with Crippen LogP contribution in [0.1, 0.15) is 22.3 Å². The summed E-state index contributed by atoms with van der Waals surface area (Å²) in [4.78, 5) is 10.3. The summed E-state index contributed by atoms with van der Waals surface area (Å²) in [5.74, 6) is 0.684. The molecule has 0 bridgehead atoms. The second kappa shape index (κ2) is 12.9. The lowest BCUT2D eigenvalue weighted by atomic mass is 9.67. The number of nitrogens with zero attached hydrogens (tertiary/aromatic N) is 2. The van der Waals surface area contributed by atoms with E-state index in [9.17, 15) is 0 Å². The highest BCUT2D eigenvalue weighted by atomic mass is 16.3. The minimum atomic E-state index is -0.494. The highest BCUT2D eigenvalue weighted by Crippen LogP contribution is 2.57. The fraction of sp³-hybridized carbons (Fsp3) is 0.0189. The summed E-state index contributed by atoms with van der Waals surface area (Å²) in [5, 5.41) is 2.20. The standard InChI is InChI=1S/C53H34N2O/c1-5-17-35(18-6-1)47-34-48(36-19-7-2-8-20-36)55-52(54-47)38-22-15-21-37(31-38)41-28-16-30-49-51(41)44-32-43-42-27-13-14-29-45(42)53(39-23-9-3-10-24-39,40-25-11-4-12-26-40)46(43)33-50(44)56-49/h1-34H. The molecule has 0 atom stereocenters. The second-order valence-corrected chi connectivity index (χ2v) is 14.5. The van der Waals surface area contributed by atoms with Gasteiger partial charge in [0.2, 0.25) is 0 Å². The molecule has 0 saturated heterocycles. The molecule has 0 N–H and O–H groups in total. The Bertz CT molecular complexity index is 2960. The molecule has 2 heterocycles. The van der Waals surface area contributed by atoms with Crippen LogP contribution in [0.2, 0.25) is 0 Å². The smallest absolute Gasteiger partial charge is 0.160 e. The van der Waals surface area contributed by atoms with E-state index in [1.54, 1.807) is 0 Å². The van der Waals surface area contributed by atoms with E-state index < -0.39 is 5.41 Å². The van der Waals surface area contributed by atoms with Crippen LogP contribution in [-0.2, 0) is 5.41 Å². The first-order valence-electron chi connectivity index (χ1n) is 19.1. The largest absolute Gasteiger partial charge is 0.456 e. The summed E-state index contributed by atoms with van der Waals surface area (Å²) >= 11 is 0. The Morgan fingerprint density at radius 2 is 0.893 bits per heavy atom. The Balaban J connectivity index is 1.11. The molecular weight excluding hydrogens is 681 g/mol. The molecule has 0 fully saturated rings. The van der Waals surface area contributed by atoms with Gasteiger partial charge in [0, 0.05) is 27.5 Å². The number of furan rings is 1. The third-order valence-electron chi connectivity index (χ3n) is 11.4. The van der Waals surface area contributed by atoms with Gasteiger partial charge in [0.25, 0.3) is 0 Å². The van der Waals surface area contributed by atoms with Crippen molar-refractivity contribution in [1.29, 1.82) is 0 Å². The molecular formula is C53H34N2O. The zero-order valence-corrected chi connectivity index (χ0v) is 30.4. The van der Waals surface area contributed by atoms with Gasteiger partial charge >= 0.3 is 0 Å². The molecule has 0 amide bonds. The molecule has 0 spiro atoms. The maximum Gasteiger partial charge on any atom is 0.160 e. The summed E-state index contributed by atoms with van der Waals surface area (Å²) in [6, 6.07) is 73.1. The minimum Gasteiger partial charge on any atom is -0.456 e. The van der Waals surface area contributed by atoms with Crippen LogP contribution >= 0.6 is 0 Å². The second-order valence-electron chi connectivity index (χ2n) is 14.5. The number of hydrogen-bond acceptors (Lipinski definition) is 3. The maximum absolute atomic E-state index is 6.82. The summed E-state index contributed by atoms with van der Waals surface area (Å²) in [6.07, 6.45) is 0. The van der Waals surface area contributed by atoms with Crippen molar-refractivity contribution >= 4 is 21.9 Å². The van der Waals surface area contributed by atoms with Gasteiger partial charge in [-0.2, -0.15) is 0 Å². The summed E-state index contributed by atoms with van der Waals surface area (Å²) < 4.78 is 6.82. The van der Waals surface area contributed by atoms with Gasteiger partial charge in [0.05, 0.1) is 16.8 Å². The van der Waals surface area contributed by atoms with Crippen LogP contribution in [-0.4, -0.2) is 9.97 Å². The van der Waals surface area contributed by atoms with Gasteiger partial charge in [-0.25, -0.2) is 9.97 Å². The molecule has 56 heavy (non-hydrogen) atoms. The molecule has 262 valence electrons.